The van der Waals surface area contributed by atoms with Crippen molar-refractivity contribution in [2.45, 2.75) is 195 Å². The third-order valence-electron chi connectivity index (χ3n) is 23.7. The third kappa shape index (κ3) is 27.4. The first-order valence-electron chi connectivity index (χ1n) is 44.6. The number of rotatable bonds is 52. The van der Waals surface area contributed by atoms with E-state index in [0.717, 1.165) is 43.3 Å². The highest BCUT2D eigenvalue weighted by Crippen LogP contribution is 2.58. The van der Waals surface area contributed by atoms with Crippen LogP contribution >= 0.6 is 33.6 Å². The van der Waals surface area contributed by atoms with Crippen LogP contribution in [0.4, 0.5) is 17.6 Å². The van der Waals surface area contributed by atoms with Gasteiger partial charge in [-0.15, -0.1) is 0 Å². The van der Waals surface area contributed by atoms with Crippen molar-refractivity contribution < 1.29 is 155 Å². The highest BCUT2D eigenvalue weighted by Gasteiger charge is 2.58. The maximum absolute atomic E-state index is 14.0. The van der Waals surface area contributed by atoms with Crippen LogP contribution < -0.4 is 72.8 Å². The average molecular weight is 2260 g/mol. The Hall–Kier alpha value is -6.72. The van der Waals surface area contributed by atoms with E-state index >= 15 is 0 Å². The number of hydrogen-bond acceptors (Lipinski definition) is 49. The molecular weight excluding hydrogens is 2150 g/mol. The zero-order valence-electron chi connectivity index (χ0n) is 79.3. The first kappa shape index (κ1) is 115. The molecule has 0 bridgehead atoms. The summed E-state index contributed by atoms with van der Waals surface area (Å²) >= 11 is 28.9. The summed E-state index contributed by atoms with van der Waals surface area (Å²) in [5.41, 5.74) is 11.4. The lowest BCUT2D eigenvalue weighted by molar-refractivity contribution is -0.0837. The number of methoxy groups -OCH3 is 5. The van der Waals surface area contributed by atoms with Crippen LogP contribution in [0.1, 0.15) is 89.9 Å². The van der Waals surface area contributed by atoms with E-state index in [2.05, 4.69) is 50.5 Å². The number of ether oxygens (including phenoxy) is 16. The molecule has 0 spiro atoms. The monoisotopic (exact) mass is 2260 g/mol. The van der Waals surface area contributed by atoms with Crippen molar-refractivity contribution in [2.75, 3.05) is 151 Å². The molecule has 0 radical (unpaired) electrons. The number of aryl methyl sites for hydroxylation is 4. The van der Waals surface area contributed by atoms with Crippen LogP contribution in [0.5, 0.6) is 0 Å². The van der Waals surface area contributed by atoms with Crippen molar-refractivity contribution in [3.05, 3.63) is 149 Å². The van der Waals surface area contributed by atoms with Gasteiger partial charge >= 0.3 is 56.4 Å². The van der Waals surface area contributed by atoms with Crippen molar-refractivity contribution in [3.63, 3.8) is 0 Å². The number of carbonyl (C=O) groups excluding carboxylic acids is 1. The number of fused-ring (bicyclic) bond motifs is 2. The number of aromatic amines is 4. The normalized spacial score (nSPS) is 29.9. The van der Waals surface area contributed by atoms with Crippen LogP contribution in [-0.2, 0) is 180 Å². The summed E-state index contributed by atoms with van der Waals surface area (Å²) in [4.78, 5) is 208. The second-order valence-corrected chi connectivity index (χ2v) is 47.6. The second-order valence-electron chi connectivity index (χ2n) is 33.6. The van der Waals surface area contributed by atoms with E-state index < -0.39 is 271 Å². The van der Waals surface area contributed by atoms with Gasteiger partial charge in [-0.1, -0.05) is 6.92 Å². The van der Waals surface area contributed by atoms with Crippen molar-refractivity contribution in [3.8, 4) is 0 Å². The summed E-state index contributed by atoms with van der Waals surface area (Å²) < 4.78 is 166. The van der Waals surface area contributed by atoms with Crippen LogP contribution in [-0.4, -0.2) is 347 Å². The second kappa shape index (κ2) is 49.6. The molecule has 7 aliphatic heterocycles. The Labute approximate surface area is 851 Å². The zero-order chi connectivity index (χ0) is 106. The highest BCUT2D eigenvalue weighted by atomic mass is 32.5. The molecule has 14 heterocycles. The Kier molecular flexibility index (Phi) is 39.0. The van der Waals surface area contributed by atoms with Crippen LogP contribution in [0.2, 0.25) is 0 Å². The predicted octanol–water partition coefficient (Wildman–Crippen LogP) is -3.48. The van der Waals surface area contributed by atoms with E-state index in [-0.39, 0.29) is 124 Å². The third-order valence-corrected chi connectivity index (χ3v) is 31.5. The molecule has 812 valence electrons. The van der Waals surface area contributed by atoms with Gasteiger partial charge in [0.15, 0.2) is 54.3 Å². The Balaban J connectivity index is 0.768. The number of nitrogens with two attached hydrogens (primary N) is 3. The number of amides is 1. The van der Waals surface area contributed by atoms with E-state index in [1.54, 1.807) is 13.8 Å². The van der Waals surface area contributed by atoms with E-state index in [1.165, 1.54) is 77.8 Å². The molecule has 70 heteroatoms. The van der Waals surface area contributed by atoms with Crippen LogP contribution in [0.25, 0.3) is 11.2 Å². The number of nitrogen functional groups attached to an aromatic ring is 2. The van der Waals surface area contributed by atoms with Crippen LogP contribution in [0, 0.1) is 27.7 Å². The summed E-state index contributed by atoms with van der Waals surface area (Å²) in [6, 6.07) is 0. The van der Waals surface area contributed by atoms with Crippen molar-refractivity contribution in [2.24, 2.45) is 5.73 Å². The standard InChI is InChI=1S/C76H112N19O41P5S5/c1-11-38-39(22-45(126-38)90-24-35(3)61(97)87-74(90)103)132-137(106,142)122-28-41-49(54(117-18-13-112-7)67(128-41)92-25-36(4)62(98)88-75(92)104)134-139(108,144)124-30-43-52(57(120-21-16-115-10)70(130-43)95-33-81-47-60(95)84-72(79)86-65(47)101)136-141(110,146)125-31-44-51(56(119-20-15-114-9)69(131-44)94-32-80-46-59(94)83-71(78)85-64(46)100)135-140(109,145)123-29-42-50(55(118-19-14-113-8)68(129-42)93-26-37(5)63(99)89-76(93)105)133-138(107,143)121-27-40-48(96)53(116-17-12-111-6)66(127-40)91-23-34(2)58(77)82-73(91)102/h23-26,32-33,38-45,48-57,66-71,83,96H,11-22,27-31,78H2,1-10H3,(H,85,100)(H,106,142)(H,107,143)(H,108,144)(H,109,145)(H,110,146)(H2,77,82,102)(H,87,97,103)(H,88,98,104)(H,89,99,105)(H3,79,84,86,101)/t38-,39?,40-,41-,42-,43-,44-,45-,48?,49?,50?,51?,52?,53+,54+,55+,56+,57+,66-,67-,68-,69-,70-,71?,137?,138?,139?,140?,141?/m1/s1. The quantitative estimate of drug-likeness (QED) is 0.0130. The largest absolute Gasteiger partial charge is 0.387 e. The van der Waals surface area contributed by atoms with Crippen LogP contribution in [0.3, 0.4) is 0 Å². The number of aliphatic hydroxyl groups excluding tert-OH is 1. The topological polar surface area (TPSA) is 761 Å². The molecule has 60 nitrogen and oxygen atoms in total. The molecule has 6 saturated heterocycles. The fraction of sp³-hybridized carbons (Fsp3) is 0.671. The van der Waals surface area contributed by atoms with Crippen LogP contribution in [0.15, 0.2) is 75.8 Å². The van der Waals surface area contributed by atoms with Crippen molar-refractivity contribution in [1.29, 1.82) is 0 Å². The molecule has 7 aliphatic rings. The maximum atomic E-state index is 14.0. The summed E-state index contributed by atoms with van der Waals surface area (Å²) in [6.07, 6.45) is -29.5. The lowest BCUT2D eigenvalue weighted by Gasteiger charge is -2.31. The van der Waals surface area contributed by atoms with Gasteiger partial charge in [-0.05, 0) is 93.2 Å². The van der Waals surface area contributed by atoms with Gasteiger partial charge in [0.25, 0.3) is 28.1 Å². The smallest absolute Gasteiger partial charge is 0.351 e. The van der Waals surface area contributed by atoms with Gasteiger partial charge in [-0.25, -0.2) is 29.1 Å². The lowest BCUT2D eigenvalue weighted by Crippen LogP contribution is -2.51. The number of hydrogen-bond donors (Lipinski definition) is 15. The molecule has 12 unspecified atom stereocenters. The summed E-state index contributed by atoms with van der Waals surface area (Å²) in [5.74, 6) is -1.30. The predicted molar refractivity (Wildman–Crippen MR) is 519 cm³/mol. The van der Waals surface area contributed by atoms with E-state index in [9.17, 15) is 72.7 Å². The zero-order valence-corrected chi connectivity index (χ0v) is 87.8. The van der Waals surface area contributed by atoms with Gasteiger partial charge in [0.2, 0.25) is 5.95 Å². The summed E-state index contributed by atoms with van der Waals surface area (Å²) in [7, 11) is 6.79. The minimum Gasteiger partial charge on any atom is -0.387 e. The molecule has 0 saturated carbocycles. The van der Waals surface area contributed by atoms with Gasteiger partial charge in [-0.2, -0.15) is 9.97 Å². The minimum absolute atomic E-state index is 0.00313. The number of nitrogens with zero attached hydrogens (tertiary/aromatic N) is 10. The number of carbonyl (C=O) groups is 1. The lowest BCUT2D eigenvalue weighted by atomic mass is 10.1. The molecule has 0 aliphatic carbocycles. The molecule has 0 aromatic carbocycles. The Morgan fingerprint density at radius 1 is 0.411 bits per heavy atom. The fourth-order valence-corrected chi connectivity index (χ4v) is 23.9. The van der Waals surface area contributed by atoms with E-state index in [1.807, 2.05) is 0 Å². The first-order valence-corrected chi connectivity index (χ1v) is 57.6. The average Bonchev–Trinajstić information content (AvgIpc) is 1.60. The maximum Gasteiger partial charge on any atom is 0.351 e. The van der Waals surface area contributed by atoms with Gasteiger partial charge < -0.3 is 155 Å². The van der Waals surface area contributed by atoms with Crippen molar-refractivity contribution >= 4 is 127 Å². The summed E-state index contributed by atoms with van der Waals surface area (Å²) in [5, 5.41) is 17.2. The number of aliphatic hydroxyl groups is 1. The number of H-pyrrole nitrogens is 4. The SMILES string of the molecule is CC[C@H]1O[C@@H](n2cc(C)c(=O)[nH]c2=O)CC1OP(O)(=S)OC[C@H]1O[C@@H](n2cc(C)c(=O)[nH]c2=O)[C@@H](OCCOC)C1OP(O)(=S)OC[C@H]1O[C@@H](n2cnc3c(=O)[nH]c(N)nc32)[C@@H](OCCOC)C1OP(O)(=S)OC[C@H]1O[C@@H](n2cnc3c2NC(N)NC3=O)[C@@H](OCCOC)C1OP(O)(=S)OC[C@H]1O[C@@H](n2cc(C)c(=O)[nH]c2=O)[C@@H](OCCOC)C1OP(O)(=S)OC[C@H]1O[C@@H](n2cc(C)c(N)nc2=O)[C@@H](OCCOC)C1O. The molecule has 29 atom stereocenters. The Morgan fingerprint density at radius 3 is 1.18 bits per heavy atom. The fourth-order valence-electron chi connectivity index (χ4n) is 16.7. The number of aromatic nitrogens is 14. The summed E-state index contributed by atoms with van der Waals surface area (Å²) in [6.45, 7) is -23.3. The minimum atomic E-state index is -5.09. The molecule has 146 heavy (non-hydrogen) atoms. The Bertz CT molecular complexity index is 6540. The number of imidazole rings is 2. The molecule has 7 aromatic heterocycles. The molecule has 6 fully saturated rings. The van der Waals surface area contributed by atoms with Gasteiger partial charge in [0, 0.05) is 89.0 Å². The Morgan fingerprint density at radius 2 is 0.767 bits per heavy atom. The van der Waals surface area contributed by atoms with Gasteiger partial charge in [-0.3, -0.25) is 95.1 Å². The number of anilines is 3. The molecule has 1 amide bonds. The molecule has 7 aromatic rings. The first-order chi connectivity index (χ1) is 69.3. The van der Waals surface area contributed by atoms with Crippen molar-refractivity contribution in [1.82, 2.24) is 72.6 Å². The van der Waals surface area contributed by atoms with Gasteiger partial charge in [0.1, 0.15) is 109 Å². The van der Waals surface area contributed by atoms with E-state index in [0.29, 0.717) is 5.56 Å². The molecule has 18 N–H and O–H groups in total. The molecular formula is C76H112N19O41P5S5. The van der Waals surface area contributed by atoms with Gasteiger partial charge in [0.05, 0.1) is 124 Å². The number of nitrogens with one attached hydrogen (secondary N) is 6. The molecule has 14 rings (SSSR count). The van der Waals surface area contributed by atoms with E-state index in [4.69, 9.17) is 197 Å². The highest BCUT2D eigenvalue weighted by molar-refractivity contribution is 8.08.